The van der Waals surface area contributed by atoms with E-state index in [4.69, 9.17) is 14.6 Å². The summed E-state index contributed by atoms with van der Waals surface area (Å²) in [5.41, 5.74) is 1.33. The standard InChI is InChI=1S/C14H21NO4/c1-9(8-16)7-15-14(17)11-5-12(18-3)10(2)13(6-11)19-4/h5-6,9,16H,7-8H2,1-4H3,(H,15,17). The SMILES string of the molecule is COc1cc(C(=O)NCC(C)CO)cc(OC)c1C. The van der Waals surface area contributed by atoms with E-state index >= 15 is 0 Å². The zero-order valence-electron chi connectivity index (χ0n) is 11.8. The molecule has 5 nitrogen and oxygen atoms in total. The van der Waals surface area contributed by atoms with Gasteiger partial charge in [0.2, 0.25) is 0 Å². The Labute approximate surface area is 113 Å². The summed E-state index contributed by atoms with van der Waals surface area (Å²) in [7, 11) is 3.11. The Morgan fingerprint density at radius 3 is 2.26 bits per heavy atom. The highest BCUT2D eigenvalue weighted by atomic mass is 16.5. The van der Waals surface area contributed by atoms with Gasteiger partial charge in [-0.05, 0) is 25.0 Å². The number of carbonyl (C=O) groups excluding carboxylic acids is 1. The minimum atomic E-state index is -0.211. The van der Waals surface area contributed by atoms with Crippen molar-refractivity contribution < 1.29 is 19.4 Å². The quantitative estimate of drug-likeness (QED) is 0.817. The van der Waals surface area contributed by atoms with Crippen LogP contribution in [0.15, 0.2) is 12.1 Å². The average molecular weight is 267 g/mol. The van der Waals surface area contributed by atoms with Crippen molar-refractivity contribution in [2.45, 2.75) is 13.8 Å². The number of aliphatic hydroxyl groups excluding tert-OH is 1. The fraction of sp³-hybridized carbons (Fsp3) is 0.500. The van der Waals surface area contributed by atoms with E-state index in [1.807, 2.05) is 13.8 Å². The molecular formula is C14H21NO4. The van der Waals surface area contributed by atoms with Gasteiger partial charge in [0, 0.05) is 24.3 Å². The zero-order valence-corrected chi connectivity index (χ0v) is 11.8. The van der Waals surface area contributed by atoms with Gasteiger partial charge in [0.05, 0.1) is 14.2 Å². The average Bonchev–Trinajstić information content (AvgIpc) is 2.44. The van der Waals surface area contributed by atoms with Crippen molar-refractivity contribution in [3.8, 4) is 11.5 Å². The maximum absolute atomic E-state index is 12.0. The van der Waals surface area contributed by atoms with Crippen molar-refractivity contribution >= 4 is 5.91 Å². The van der Waals surface area contributed by atoms with Gasteiger partial charge in [0.15, 0.2) is 0 Å². The Morgan fingerprint density at radius 1 is 1.32 bits per heavy atom. The second kappa shape index (κ2) is 6.99. The Morgan fingerprint density at radius 2 is 1.84 bits per heavy atom. The summed E-state index contributed by atoms with van der Waals surface area (Å²) >= 11 is 0. The fourth-order valence-electron chi connectivity index (χ4n) is 1.65. The predicted molar refractivity (Wildman–Crippen MR) is 72.9 cm³/mol. The first kappa shape index (κ1) is 15.3. The van der Waals surface area contributed by atoms with Crippen LogP contribution in [0, 0.1) is 12.8 Å². The van der Waals surface area contributed by atoms with Gasteiger partial charge >= 0.3 is 0 Å². The van der Waals surface area contributed by atoms with Crippen LogP contribution in [0.4, 0.5) is 0 Å². The molecule has 0 bridgehead atoms. The summed E-state index contributed by atoms with van der Waals surface area (Å²) in [5, 5.41) is 11.7. The molecule has 1 aromatic carbocycles. The van der Waals surface area contributed by atoms with Crippen LogP contribution < -0.4 is 14.8 Å². The van der Waals surface area contributed by atoms with Gasteiger partial charge in [-0.3, -0.25) is 4.79 Å². The van der Waals surface area contributed by atoms with Crippen LogP contribution in [-0.4, -0.2) is 38.4 Å². The smallest absolute Gasteiger partial charge is 0.251 e. The maximum Gasteiger partial charge on any atom is 0.251 e. The molecule has 0 saturated carbocycles. The van der Waals surface area contributed by atoms with Crippen LogP contribution in [0.1, 0.15) is 22.8 Å². The van der Waals surface area contributed by atoms with Gasteiger partial charge in [0.1, 0.15) is 11.5 Å². The Hall–Kier alpha value is -1.75. The van der Waals surface area contributed by atoms with E-state index < -0.39 is 0 Å². The minimum absolute atomic E-state index is 0.0261. The van der Waals surface area contributed by atoms with Crippen molar-refractivity contribution in [1.82, 2.24) is 5.32 Å². The second-order valence-electron chi connectivity index (χ2n) is 4.50. The number of ether oxygens (including phenoxy) is 2. The molecule has 0 spiro atoms. The van der Waals surface area contributed by atoms with E-state index in [1.165, 1.54) is 0 Å². The Kier molecular flexibility index (Phi) is 5.63. The molecule has 0 radical (unpaired) electrons. The van der Waals surface area contributed by atoms with Crippen molar-refractivity contribution in [1.29, 1.82) is 0 Å². The number of methoxy groups -OCH3 is 2. The predicted octanol–water partition coefficient (Wildman–Crippen LogP) is 1.37. The molecule has 0 saturated heterocycles. The van der Waals surface area contributed by atoms with E-state index in [9.17, 15) is 4.79 Å². The molecule has 0 heterocycles. The highest BCUT2D eigenvalue weighted by molar-refractivity contribution is 5.95. The van der Waals surface area contributed by atoms with Crippen LogP contribution in [0.25, 0.3) is 0 Å². The molecule has 0 aliphatic rings. The molecule has 5 heteroatoms. The fourth-order valence-corrected chi connectivity index (χ4v) is 1.65. The van der Waals surface area contributed by atoms with Crippen LogP contribution in [0.5, 0.6) is 11.5 Å². The first-order valence-electron chi connectivity index (χ1n) is 6.15. The van der Waals surface area contributed by atoms with Gasteiger partial charge < -0.3 is 19.9 Å². The molecule has 2 N–H and O–H groups in total. The summed E-state index contributed by atoms with van der Waals surface area (Å²) in [6.07, 6.45) is 0. The molecule has 0 fully saturated rings. The molecule has 19 heavy (non-hydrogen) atoms. The summed E-state index contributed by atoms with van der Waals surface area (Å²) in [4.78, 5) is 12.0. The van der Waals surface area contributed by atoms with E-state index in [2.05, 4.69) is 5.32 Å². The second-order valence-corrected chi connectivity index (χ2v) is 4.50. The van der Waals surface area contributed by atoms with Crippen molar-refractivity contribution in [2.75, 3.05) is 27.4 Å². The minimum Gasteiger partial charge on any atom is -0.496 e. The number of carbonyl (C=O) groups is 1. The lowest BCUT2D eigenvalue weighted by Gasteiger charge is -2.13. The number of amides is 1. The number of hydrogen-bond donors (Lipinski definition) is 2. The molecule has 1 unspecified atom stereocenters. The van der Waals surface area contributed by atoms with E-state index in [0.717, 1.165) is 5.56 Å². The first-order valence-corrected chi connectivity index (χ1v) is 6.15. The largest absolute Gasteiger partial charge is 0.496 e. The zero-order chi connectivity index (χ0) is 14.4. The monoisotopic (exact) mass is 267 g/mol. The van der Waals surface area contributed by atoms with Crippen LogP contribution in [-0.2, 0) is 0 Å². The molecule has 1 amide bonds. The molecule has 1 atom stereocenters. The summed E-state index contributed by atoms with van der Waals surface area (Å²) in [5.74, 6) is 1.04. The molecule has 0 aliphatic heterocycles. The Bertz CT molecular complexity index is 420. The third-order valence-corrected chi connectivity index (χ3v) is 2.94. The number of nitrogens with one attached hydrogen (secondary N) is 1. The molecule has 0 aliphatic carbocycles. The lowest BCUT2D eigenvalue weighted by molar-refractivity contribution is 0.0941. The number of benzene rings is 1. The normalized spacial score (nSPS) is 11.8. The lowest BCUT2D eigenvalue weighted by atomic mass is 10.1. The van der Waals surface area contributed by atoms with Crippen LogP contribution >= 0.6 is 0 Å². The Balaban J connectivity index is 2.91. The van der Waals surface area contributed by atoms with Gasteiger partial charge in [-0.1, -0.05) is 6.92 Å². The topological polar surface area (TPSA) is 67.8 Å². The van der Waals surface area contributed by atoms with Gasteiger partial charge in [-0.15, -0.1) is 0 Å². The first-order chi connectivity index (χ1) is 9.03. The lowest BCUT2D eigenvalue weighted by Crippen LogP contribution is -2.29. The number of rotatable bonds is 6. The van der Waals surface area contributed by atoms with Gasteiger partial charge in [-0.25, -0.2) is 0 Å². The third-order valence-electron chi connectivity index (χ3n) is 2.94. The van der Waals surface area contributed by atoms with Crippen LogP contribution in [0.2, 0.25) is 0 Å². The van der Waals surface area contributed by atoms with Gasteiger partial charge in [-0.2, -0.15) is 0 Å². The number of aliphatic hydroxyl groups is 1. The molecule has 1 rings (SSSR count). The summed E-state index contributed by atoms with van der Waals surface area (Å²) in [6, 6.07) is 3.35. The van der Waals surface area contributed by atoms with Crippen LogP contribution in [0.3, 0.4) is 0 Å². The summed E-state index contributed by atoms with van der Waals surface area (Å²) < 4.78 is 10.5. The third kappa shape index (κ3) is 3.86. The number of hydrogen-bond acceptors (Lipinski definition) is 4. The molecule has 0 aromatic heterocycles. The van der Waals surface area contributed by atoms with E-state index in [-0.39, 0.29) is 18.4 Å². The van der Waals surface area contributed by atoms with Crippen molar-refractivity contribution in [2.24, 2.45) is 5.92 Å². The van der Waals surface area contributed by atoms with Gasteiger partial charge in [0.25, 0.3) is 5.91 Å². The molecular weight excluding hydrogens is 246 g/mol. The van der Waals surface area contributed by atoms with E-state index in [1.54, 1.807) is 26.4 Å². The van der Waals surface area contributed by atoms with Crippen molar-refractivity contribution in [3.05, 3.63) is 23.3 Å². The van der Waals surface area contributed by atoms with Crippen molar-refractivity contribution in [3.63, 3.8) is 0 Å². The van der Waals surface area contributed by atoms with E-state index in [0.29, 0.717) is 23.6 Å². The summed E-state index contributed by atoms with van der Waals surface area (Å²) in [6.45, 7) is 4.19. The molecule has 1 aromatic rings. The highest BCUT2D eigenvalue weighted by Gasteiger charge is 2.14. The maximum atomic E-state index is 12.0. The molecule has 106 valence electrons. The highest BCUT2D eigenvalue weighted by Crippen LogP contribution is 2.29.